The first-order chi connectivity index (χ1) is 11.6. The molecule has 0 radical (unpaired) electrons. The molecule has 4 heteroatoms. The lowest BCUT2D eigenvalue weighted by Crippen LogP contribution is -2.00. The van der Waals surface area contributed by atoms with Crippen molar-refractivity contribution in [3.05, 3.63) is 70.5 Å². The van der Waals surface area contributed by atoms with E-state index in [2.05, 4.69) is 19.1 Å². The topological polar surface area (TPSA) is 63.6 Å². The predicted octanol–water partition coefficient (Wildman–Crippen LogP) is 4.34. The van der Waals surface area contributed by atoms with Crippen LogP contribution in [0.2, 0.25) is 0 Å². The number of carboxylic acids is 1. The number of aryl methyl sites for hydroxylation is 1. The van der Waals surface area contributed by atoms with E-state index in [0.29, 0.717) is 11.3 Å². The lowest BCUT2D eigenvalue weighted by molar-refractivity contribution is 0.0697. The second kappa shape index (κ2) is 6.71. The van der Waals surface area contributed by atoms with Crippen LogP contribution in [-0.2, 0) is 6.42 Å². The quantitative estimate of drug-likeness (QED) is 0.832. The highest BCUT2D eigenvalue weighted by Gasteiger charge is 2.28. The van der Waals surface area contributed by atoms with Crippen LogP contribution in [0.1, 0.15) is 51.6 Å². The third-order valence-corrected chi connectivity index (χ3v) is 4.01. The molecular formula is C20H18O4. The predicted molar refractivity (Wildman–Crippen MR) is 91.4 cm³/mol. The Bertz CT molecular complexity index is 816. The Morgan fingerprint density at radius 1 is 1.17 bits per heavy atom. The van der Waals surface area contributed by atoms with Gasteiger partial charge >= 0.3 is 5.97 Å². The van der Waals surface area contributed by atoms with Crippen molar-refractivity contribution in [3.63, 3.8) is 0 Å². The Hall–Kier alpha value is -2.88. The van der Waals surface area contributed by atoms with Crippen molar-refractivity contribution >= 4 is 17.8 Å². The molecule has 3 rings (SSSR count). The summed E-state index contributed by atoms with van der Waals surface area (Å²) in [6.45, 7) is 2.16. The molecule has 1 aliphatic heterocycles. The first kappa shape index (κ1) is 16.0. The van der Waals surface area contributed by atoms with E-state index in [1.54, 1.807) is 6.08 Å². The smallest absolute Gasteiger partial charge is 0.335 e. The number of unbranched alkanes of at least 4 members (excludes halogenated alkanes) is 1. The number of ketones is 1. The lowest BCUT2D eigenvalue weighted by atomic mass is 10.0. The summed E-state index contributed by atoms with van der Waals surface area (Å²) in [5.74, 6) is -0.737. The molecule has 0 aliphatic carbocycles. The number of Topliss-reactive ketones (excluding diaryl/α,β-unsaturated/α-hetero) is 1. The van der Waals surface area contributed by atoms with Gasteiger partial charge in [-0.2, -0.15) is 0 Å². The van der Waals surface area contributed by atoms with Crippen LogP contribution in [0.3, 0.4) is 0 Å². The van der Waals surface area contributed by atoms with Crippen molar-refractivity contribution in [1.82, 2.24) is 0 Å². The third-order valence-electron chi connectivity index (χ3n) is 4.01. The fraction of sp³-hybridized carbons (Fsp3) is 0.200. The third kappa shape index (κ3) is 3.23. The fourth-order valence-corrected chi connectivity index (χ4v) is 2.63. The van der Waals surface area contributed by atoms with E-state index in [0.717, 1.165) is 24.8 Å². The lowest BCUT2D eigenvalue weighted by Gasteiger charge is -2.02. The molecule has 2 aromatic carbocycles. The number of allylic oxidation sites excluding steroid dienone is 1. The van der Waals surface area contributed by atoms with Crippen LogP contribution in [0.5, 0.6) is 5.75 Å². The van der Waals surface area contributed by atoms with Crippen LogP contribution < -0.4 is 4.74 Å². The summed E-state index contributed by atoms with van der Waals surface area (Å²) in [6, 6.07) is 12.3. The number of hydrogen-bond donors (Lipinski definition) is 1. The van der Waals surface area contributed by atoms with Gasteiger partial charge in [-0.3, -0.25) is 4.79 Å². The molecule has 0 spiro atoms. The van der Waals surface area contributed by atoms with Crippen LogP contribution in [0.4, 0.5) is 0 Å². The molecule has 122 valence electrons. The van der Waals surface area contributed by atoms with E-state index in [-0.39, 0.29) is 17.1 Å². The van der Waals surface area contributed by atoms with Crippen molar-refractivity contribution in [2.45, 2.75) is 26.2 Å². The number of carboxylic acid groups (broad SMARTS) is 1. The van der Waals surface area contributed by atoms with Gasteiger partial charge in [-0.1, -0.05) is 37.6 Å². The van der Waals surface area contributed by atoms with Crippen molar-refractivity contribution in [2.24, 2.45) is 0 Å². The van der Waals surface area contributed by atoms with Gasteiger partial charge in [0, 0.05) is 0 Å². The zero-order valence-electron chi connectivity index (χ0n) is 13.4. The molecule has 0 unspecified atom stereocenters. The van der Waals surface area contributed by atoms with Gasteiger partial charge in [-0.25, -0.2) is 4.79 Å². The van der Waals surface area contributed by atoms with Crippen LogP contribution in [-0.4, -0.2) is 16.9 Å². The highest BCUT2D eigenvalue weighted by molar-refractivity contribution is 6.15. The molecule has 0 bridgehead atoms. The normalized spacial score (nSPS) is 14.5. The SMILES string of the molecule is CCCCc1ccc(/C=C2\Oc3ccc(C(=O)O)cc3C2=O)cc1. The van der Waals surface area contributed by atoms with Crippen LogP contribution in [0.25, 0.3) is 6.08 Å². The minimum Gasteiger partial charge on any atom is -0.478 e. The van der Waals surface area contributed by atoms with E-state index in [1.165, 1.54) is 23.8 Å². The number of benzene rings is 2. The average Bonchev–Trinajstić information content (AvgIpc) is 2.89. The number of ether oxygens (including phenoxy) is 1. The van der Waals surface area contributed by atoms with Crippen molar-refractivity contribution in [3.8, 4) is 5.75 Å². The first-order valence-corrected chi connectivity index (χ1v) is 7.99. The van der Waals surface area contributed by atoms with E-state index in [4.69, 9.17) is 9.84 Å². The van der Waals surface area contributed by atoms with Crippen LogP contribution >= 0.6 is 0 Å². The number of rotatable bonds is 5. The highest BCUT2D eigenvalue weighted by atomic mass is 16.5. The molecule has 2 aromatic rings. The summed E-state index contributed by atoms with van der Waals surface area (Å²) in [4.78, 5) is 23.4. The van der Waals surface area contributed by atoms with Gasteiger partial charge in [-0.05, 0) is 48.2 Å². The van der Waals surface area contributed by atoms with Crippen molar-refractivity contribution in [1.29, 1.82) is 0 Å². The molecule has 4 nitrogen and oxygen atoms in total. The van der Waals surface area contributed by atoms with E-state index >= 15 is 0 Å². The number of carbonyl (C=O) groups is 2. The van der Waals surface area contributed by atoms with Crippen molar-refractivity contribution in [2.75, 3.05) is 0 Å². The zero-order chi connectivity index (χ0) is 17.1. The molecule has 0 amide bonds. The maximum absolute atomic E-state index is 12.4. The molecule has 24 heavy (non-hydrogen) atoms. The summed E-state index contributed by atoms with van der Waals surface area (Å²) in [5.41, 5.74) is 2.52. The monoisotopic (exact) mass is 322 g/mol. The molecule has 0 aromatic heterocycles. The summed E-state index contributed by atoms with van der Waals surface area (Å²) in [6.07, 6.45) is 5.05. The Morgan fingerprint density at radius 3 is 2.58 bits per heavy atom. The van der Waals surface area contributed by atoms with Gasteiger partial charge < -0.3 is 9.84 Å². The number of carbonyl (C=O) groups excluding carboxylic acids is 1. The molecule has 1 aliphatic rings. The van der Waals surface area contributed by atoms with Gasteiger partial charge in [0.15, 0.2) is 5.76 Å². The Balaban J connectivity index is 1.82. The minimum absolute atomic E-state index is 0.0761. The van der Waals surface area contributed by atoms with Gasteiger partial charge in [0.05, 0.1) is 11.1 Å². The average molecular weight is 322 g/mol. The Morgan fingerprint density at radius 2 is 1.92 bits per heavy atom. The Labute approximate surface area is 140 Å². The highest BCUT2D eigenvalue weighted by Crippen LogP contribution is 2.32. The number of fused-ring (bicyclic) bond motifs is 1. The summed E-state index contributed by atoms with van der Waals surface area (Å²) < 4.78 is 5.57. The molecule has 1 N–H and O–H groups in total. The van der Waals surface area contributed by atoms with Gasteiger partial charge in [-0.15, -0.1) is 0 Å². The zero-order valence-corrected chi connectivity index (χ0v) is 13.4. The second-order valence-corrected chi connectivity index (χ2v) is 5.80. The molecule has 0 saturated carbocycles. The van der Waals surface area contributed by atoms with Gasteiger partial charge in [0.2, 0.25) is 5.78 Å². The van der Waals surface area contributed by atoms with E-state index < -0.39 is 5.97 Å². The molecule has 0 saturated heterocycles. The molecule has 0 atom stereocenters. The van der Waals surface area contributed by atoms with E-state index in [9.17, 15) is 9.59 Å². The molecule has 0 fully saturated rings. The molecule has 1 heterocycles. The summed E-state index contributed by atoms with van der Waals surface area (Å²) in [5, 5.41) is 9.02. The van der Waals surface area contributed by atoms with Crippen molar-refractivity contribution < 1.29 is 19.4 Å². The second-order valence-electron chi connectivity index (χ2n) is 5.80. The van der Waals surface area contributed by atoms with Crippen LogP contribution in [0, 0.1) is 0 Å². The largest absolute Gasteiger partial charge is 0.478 e. The van der Waals surface area contributed by atoms with E-state index in [1.807, 2.05) is 12.1 Å². The first-order valence-electron chi connectivity index (χ1n) is 7.99. The molecular weight excluding hydrogens is 304 g/mol. The van der Waals surface area contributed by atoms with Crippen LogP contribution in [0.15, 0.2) is 48.2 Å². The number of aromatic carboxylic acids is 1. The number of hydrogen-bond acceptors (Lipinski definition) is 3. The minimum atomic E-state index is -1.06. The fourth-order valence-electron chi connectivity index (χ4n) is 2.63. The summed E-state index contributed by atoms with van der Waals surface area (Å²) >= 11 is 0. The standard InChI is InChI=1S/C20H18O4/c1-2-3-4-13-5-7-14(8-6-13)11-18-19(21)16-12-15(20(22)23)9-10-17(16)24-18/h5-12H,2-4H2,1H3,(H,22,23)/b18-11-. The van der Waals surface area contributed by atoms with Gasteiger partial charge in [0.25, 0.3) is 0 Å². The van der Waals surface area contributed by atoms with Gasteiger partial charge in [0.1, 0.15) is 5.75 Å². The maximum atomic E-state index is 12.4. The maximum Gasteiger partial charge on any atom is 0.335 e. The summed E-state index contributed by atoms with van der Waals surface area (Å²) in [7, 11) is 0. The Kier molecular flexibility index (Phi) is 4.47.